The number of ketones is 1. The van der Waals surface area contributed by atoms with Crippen molar-refractivity contribution in [1.82, 2.24) is 0 Å². The largest absolute Gasteiger partial charge is 0.497 e. The van der Waals surface area contributed by atoms with Gasteiger partial charge < -0.3 is 9.47 Å². The highest BCUT2D eigenvalue weighted by Gasteiger charge is 2.66. The molecule has 1 aromatic carbocycles. The van der Waals surface area contributed by atoms with E-state index in [1.807, 2.05) is 29.6 Å². The van der Waals surface area contributed by atoms with Gasteiger partial charge in [0.25, 0.3) is 0 Å². The number of carbonyl (C=O) groups excluding carboxylic acids is 2. The second-order valence-electron chi connectivity index (χ2n) is 5.33. The fourth-order valence-corrected chi connectivity index (χ4v) is 3.54. The summed E-state index contributed by atoms with van der Waals surface area (Å²) in [6.45, 7) is 0. The summed E-state index contributed by atoms with van der Waals surface area (Å²) in [6.07, 6.45) is 0.487. The van der Waals surface area contributed by atoms with Crippen molar-refractivity contribution in [3.8, 4) is 5.75 Å². The molecule has 0 N–H and O–H groups in total. The van der Waals surface area contributed by atoms with Crippen LogP contribution in [0, 0.1) is 5.41 Å². The molecule has 1 heterocycles. The van der Waals surface area contributed by atoms with Crippen LogP contribution in [0.25, 0.3) is 0 Å². The molecule has 1 aliphatic carbocycles. The predicted molar refractivity (Wildman–Crippen MR) is 83.5 cm³/mol. The van der Waals surface area contributed by atoms with Gasteiger partial charge in [-0.2, -0.15) is 11.3 Å². The molecule has 0 amide bonds. The monoisotopic (exact) mass is 316 g/mol. The number of esters is 1. The summed E-state index contributed by atoms with van der Waals surface area (Å²) in [5.41, 5.74) is 0.450. The molecule has 1 aliphatic rings. The van der Waals surface area contributed by atoms with E-state index in [4.69, 9.17) is 9.47 Å². The summed E-state index contributed by atoms with van der Waals surface area (Å²) in [4.78, 5) is 25.1. The highest BCUT2D eigenvalue weighted by molar-refractivity contribution is 7.08. The third-order valence-electron chi connectivity index (χ3n) is 4.22. The zero-order valence-electron chi connectivity index (χ0n) is 12.4. The van der Waals surface area contributed by atoms with Gasteiger partial charge in [-0.15, -0.1) is 0 Å². The van der Waals surface area contributed by atoms with Crippen molar-refractivity contribution in [1.29, 1.82) is 0 Å². The third kappa shape index (κ3) is 2.22. The van der Waals surface area contributed by atoms with Crippen molar-refractivity contribution in [3.63, 3.8) is 0 Å². The van der Waals surface area contributed by atoms with Gasteiger partial charge in [0.15, 0.2) is 5.78 Å². The Morgan fingerprint density at radius 2 is 1.91 bits per heavy atom. The molecule has 0 radical (unpaired) electrons. The van der Waals surface area contributed by atoms with Crippen LogP contribution in [0.15, 0.2) is 41.1 Å². The molecule has 0 bridgehead atoms. The van der Waals surface area contributed by atoms with E-state index in [-0.39, 0.29) is 11.7 Å². The molecule has 114 valence electrons. The molecular weight excluding hydrogens is 300 g/mol. The first-order valence-electron chi connectivity index (χ1n) is 6.93. The Balaban J connectivity index is 1.93. The molecule has 4 nitrogen and oxygen atoms in total. The van der Waals surface area contributed by atoms with Gasteiger partial charge in [-0.05, 0) is 35.6 Å². The van der Waals surface area contributed by atoms with E-state index in [1.54, 1.807) is 18.6 Å². The summed E-state index contributed by atoms with van der Waals surface area (Å²) >= 11 is 1.44. The van der Waals surface area contributed by atoms with Gasteiger partial charge in [-0.3, -0.25) is 9.59 Å². The lowest BCUT2D eigenvalue weighted by atomic mass is 9.91. The van der Waals surface area contributed by atoms with Crippen LogP contribution in [0.3, 0.4) is 0 Å². The average Bonchev–Trinajstić information content (AvgIpc) is 3.08. The lowest BCUT2D eigenvalue weighted by Crippen LogP contribution is -2.28. The number of benzene rings is 1. The van der Waals surface area contributed by atoms with Gasteiger partial charge in [0, 0.05) is 16.9 Å². The molecule has 2 unspecified atom stereocenters. The Morgan fingerprint density at radius 3 is 2.45 bits per heavy atom. The minimum Gasteiger partial charge on any atom is -0.497 e. The van der Waals surface area contributed by atoms with Gasteiger partial charge in [0.05, 0.1) is 14.2 Å². The van der Waals surface area contributed by atoms with Gasteiger partial charge in [0.2, 0.25) is 0 Å². The number of thiophene rings is 1. The molecule has 5 heteroatoms. The second-order valence-corrected chi connectivity index (χ2v) is 6.11. The van der Waals surface area contributed by atoms with Crippen molar-refractivity contribution in [2.24, 2.45) is 5.41 Å². The molecule has 0 spiro atoms. The number of Topliss-reactive ketones (excluding diaryl/α,β-unsaturated/α-hetero) is 1. The minimum atomic E-state index is -1.08. The fourth-order valence-electron chi connectivity index (χ4n) is 2.90. The fraction of sp³-hybridized carbons (Fsp3) is 0.294. The second kappa shape index (κ2) is 5.57. The Labute approximate surface area is 132 Å². The molecule has 0 saturated heterocycles. The molecule has 0 aliphatic heterocycles. The van der Waals surface area contributed by atoms with E-state index in [0.29, 0.717) is 12.0 Å². The highest BCUT2D eigenvalue weighted by Crippen LogP contribution is 2.61. The maximum Gasteiger partial charge on any atom is 0.320 e. The highest BCUT2D eigenvalue weighted by atomic mass is 32.1. The van der Waals surface area contributed by atoms with Crippen LogP contribution in [0.5, 0.6) is 5.75 Å². The van der Waals surface area contributed by atoms with Crippen LogP contribution in [0.2, 0.25) is 0 Å². The number of carbonyl (C=O) groups is 2. The summed E-state index contributed by atoms with van der Waals surface area (Å²) < 4.78 is 10.1. The topological polar surface area (TPSA) is 52.6 Å². The number of hydrogen-bond donors (Lipinski definition) is 0. The maximum atomic E-state index is 12.8. The molecule has 22 heavy (non-hydrogen) atoms. The van der Waals surface area contributed by atoms with Crippen molar-refractivity contribution in [2.75, 3.05) is 14.2 Å². The van der Waals surface area contributed by atoms with Crippen LogP contribution in [0.1, 0.15) is 28.3 Å². The van der Waals surface area contributed by atoms with E-state index < -0.39 is 11.4 Å². The molecule has 1 fully saturated rings. The quantitative estimate of drug-likeness (QED) is 0.482. The molecule has 1 aromatic heterocycles. The zero-order chi connectivity index (χ0) is 15.7. The first kappa shape index (κ1) is 14.8. The molecule has 1 saturated carbocycles. The maximum absolute atomic E-state index is 12.8. The van der Waals surface area contributed by atoms with Gasteiger partial charge in [-0.1, -0.05) is 12.1 Å². The molecule has 3 rings (SSSR count). The average molecular weight is 316 g/mol. The normalized spacial score (nSPS) is 22.9. The van der Waals surface area contributed by atoms with Crippen molar-refractivity contribution in [2.45, 2.75) is 12.3 Å². The van der Waals surface area contributed by atoms with Crippen LogP contribution in [-0.2, 0) is 9.53 Å². The Bertz CT molecular complexity index is 690. The molecule has 2 atom stereocenters. The van der Waals surface area contributed by atoms with Crippen molar-refractivity contribution < 1.29 is 19.1 Å². The van der Waals surface area contributed by atoms with Crippen LogP contribution in [0.4, 0.5) is 0 Å². The number of hydrogen-bond acceptors (Lipinski definition) is 5. The smallest absolute Gasteiger partial charge is 0.320 e. The first-order chi connectivity index (χ1) is 10.6. The van der Waals surface area contributed by atoms with Crippen molar-refractivity contribution in [3.05, 3.63) is 52.2 Å². The van der Waals surface area contributed by atoms with E-state index in [0.717, 1.165) is 11.3 Å². The van der Waals surface area contributed by atoms with Crippen LogP contribution < -0.4 is 4.74 Å². The summed E-state index contributed by atoms with van der Waals surface area (Å²) in [6, 6.07) is 9.22. The Kier molecular flexibility index (Phi) is 3.74. The van der Waals surface area contributed by atoms with Crippen LogP contribution in [-0.4, -0.2) is 26.0 Å². The van der Waals surface area contributed by atoms with Crippen molar-refractivity contribution >= 4 is 23.1 Å². The number of methoxy groups -OCH3 is 2. The first-order valence-corrected chi connectivity index (χ1v) is 7.87. The lowest BCUT2D eigenvalue weighted by molar-refractivity contribution is -0.145. The van der Waals surface area contributed by atoms with E-state index in [2.05, 4.69) is 0 Å². The van der Waals surface area contributed by atoms with E-state index in [1.165, 1.54) is 18.4 Å². The van der Waals surface area contributed by atoms with E-state index >= 15 is 0 Å². The van der Waals surface area contributed by atoms with Gasteiger partial charge in [0.1, 0.15) is 11.2 Å². The number of rotatable bonds is 5. The van der Waals surface area contributed by atoms with E-state index in [9.17, 15) is 9.59 Å². The standard InChI is InChI=1S/C17H16O4S/c1-20-13-5-3-11(4-6-13)14-9-17(14,16(19)21-2)15(18)12-7-8-22-10-12/h3-8,10,14H,9H2,1-2H3. The number of ether oxygens (including phenoxy) is 2. The molecular formula is C17H16O4S. The zero-order valence-corrected chi connectivity index (χ0v) is 13.2. The summed E-state index contributed by atoms with van der Waals surface area (Å²) in [5.74, 6) is 0.00132. The summed E-state index contributed by atoms with van der Waals surface area (Å²) in [7, 11) is 2.93. The Morgan fingerprint density at radius 1 is 1.18 bits per heavy atom. The van der Waals surface area contributed by atoms with Crippen LogP contribution >= 0.6 is 11.3 Å². The predicted octanol–water partition coefficient (Wildman–Crippen LogP) is 3.29. The lowest BCUT2D eigenvalue weighted by Gasteiger charge is -2.13. The van der Waals surface area contributed by atoms with Gasteiger partial charge in [-0.25, -0.2) is 0 Å². The SMILES string of the molecule is COC(=O)C1(C(=O)c2ccsc2)CC1c1ccc(OC)cc1. The Hall–Kier alpha value is -2.14. The minimum absolute atomic E-state index is 0.141. The molecule has 2 aromatic rings. The third-order valence-corrected chi connectivity index (χ3v) is 4.90. The van der Waals surface area contributed by atoms with Gasteiger partial charge >= 0.3 is 5.97 Å². The summed E-state index contributed by atoms with van der Waals surface area (Å²) in [5, 5.41) is 3.61.